The Bertz CT molecular complexity index is 348. The van der Waals surface area contributed by atoms with Gasteiger partial charge in [-0.3, -0.25) is 9.88 Å². The van der Waals surface area contributed by atoms with Crippen LogP contribution in [0.3, 0.4) is 0 Å². The van der Waals surface area contributed by atoms with Crippen molar-refractivity contribution in [1.82, 2.24) is 9.88 Å². The molecule has 0 aliphatic carbocycles. The molecule has 3 nitrogen and oxygen atoms in total. The third-order valence-corrected chi connectivity index (χ3v) is 3.85. The van der Waals surface area contributed by atoms with Gasteiger partial charge in [-0.15, -0.1) is 0 Å². The fraction of sp³-hybridized carbons (Fsp3) is 0.615. The standard InChI is InChI=1S/C13H20BrN3/c14-12-7-11(9-16-10-12)13(8-15)17-5-3-1-2-4-6-17/h7,9-10,13H,1-6,8,15H2. The van der Waals surface area contributed by atoms with Gasteiger partial charge in [-0.25, -0.2) is 0 Å². The molecule has 2 N–H and O–H groups in total. The summed E-state index contributed by atoms with van der Waals surface area (Å²) in [5, 5.41) is 0. The molecule has 1 fully saturated rings. The monoisotopic (exact) mass is 297 g/mol. The van der Waals surface area contributed by atoms with E-state index in [4.69, 9.17) is 5.73 Å². The van der Waals surface area contributed by atoms with Crippen molar-refractivity contribution >= 4 is 15.9 Å². The summed E-state index contributed by atoms with van der Waals surface area (Å²) >= 11 is 3.48. The minimum Gasteiger partial charge on any atom is -0.329 e. The van der Waals surface area contributed by atoms with Crippen LogP contribution in [0.2, 0.25) is 0 Å². The molecule has 1 aliphatic rings. The summed E-state index contributed by atoms with van der Waals surface area (Å²) in [4.78, 5) is 6.75. The highest BCUT2D eigenvalue weighted by molar-refractivity contribution is 9.10. The van der Waals surface area contributed by atoms with Gasteiger partial charge in [0.25, 0.3) is 0 Å². The molecule has 1 saturated heterocycles. The molecule has 0 spiro atoms. The number of hydrogen-bond acceptors (Lipinski definition) is 3. The molecule has 0 radical (unpaired) electrons. The topological polar surface area (TPSA) is 42.1 Å². The quantitative estimate of drug-likeness (QED) is 0.933. The van der Waals surface area contributed by atoms with Gasteiger partial charge in [0.05, 0.1) is 0 Å². The average Bonchev–Trinajstić information content (AvgIpc) is 2.59. The molecule has 0 bridgehead atoms. The van der Waals surface area contributed by atoms with Crippen LogP contribution in [-0.2, 0) is 0 Å². The van der Waals surface area contributed by atoms with Crippen LogP contribution >= 0.6 is 15.9 Å². The van der Waals surface area contributed by atoms with Crippen LogP contribution in [0.25, 0.3) is 0 Å². The Morgan fingerprint density at radius 3 is 2.53 bits per heavy atom. The zero-order valence-corrected chi connectivity index (χ0v) is 11.7. The predicted molar refractivity (Wildman–Crippen MR) is 73.8 cm³/mol. The number of aromatic nitrogens is 1. The van der Waals surface area contributed by atoms with Crippen LogP contribution in [0, 0.1) is 0 Å². The first-order chi connectivity index (χ1) is 8.31. The summed E-state index contributed by atoms with van der Waals surface area (Å²) in [5.41, 5.74) is 7.18. The molecule has 4 heteroatoms. The maximum atomic E-state index is 5.95. The molecular weight excluding hydrogens is 278 g/mol. The lowest BCUT2D eigenvalue weighted by Crippen LogP contribution is -2.34. The fourth-order valence-electron chi connectivity index (χ4n) is 2.51. The highest BCUT2D eigenvalue weighted by atomic mass is 79.9. The normalized spacial score (nSPS) is 19.9. The number of nitrogens with zero attached hydrogens (tertiary/aromatic N) is 2. The molecule has 1 aromatic rings. The van der Waals surface area contributed by atoms with Crippen molar-refractivity contribution in [2.75, 3.05) is 19.6 Å². The van der Waals surface area contributed by atoms with E-state index >= 15 is 0 Å². The number of hydrogen-bond donors (Lipinski definition) is 1. The van der Waals surface area contributed by atoms with Gasteiger partial charge in [0.1, 0.15) is 0 Å². The van der Waals surface area contributed by atoms with E-state index in [1.165, 1.54) is 31.2 Å². The zero-order valence-electron chi connectivity index (χ0n) is 10.1. The second-order valence-electron chi connectivity index (χ2n) is 4.64. The van der Waals surface area contributed by atoms with E-state index in [0.717, 1.165) is 17.6 Å². The predicted octanol–water partition coefficient (Wildman–Crippen LogP) is 2.72. The average molecular weight is 298 g/mol. The summed E-state index contributed by atoms with van der Waals surface area (Å²) in [6.45, 7) is 2.99. The Kier molecular flexibility index (Phi) is 4.95. The maximum absolute atomic E-state index is 5.95. The van der Waals surface area contributed by atoms with Crippen molar-refractivity contribution < 1.29 is 0 Å². The number of pyridine rings is 1. The van der Waals surface area contributed by atoms with Crippen molar-refractivity contribution in [2.45, 2.75) is 31.7 Å². The lowest BCUT2D eigenvalue weighted by Gasteiger charge is -2.29. The van der Waals surface area contributed by atoms with Gasteiger partial charge in [-0.05, 0) is 53.5 Å². The minimum absolute atomic E-state index is 0.318. The van der Waals surface area contributed by atoms with Crippen LogP contribution in [0.5, 0.6) is 0 Å². The van der Waals surface area contributed by atoms with Crippen LogP contribution < -0.4 is 5.73 Å². The molecule has 0 amide bonds. The van der Waals surface area contributed by atoms with Gasteiger partial charge in [0.15, 0.2) is 0 Å². The second kappa shape index (κ2) is 6.47. The van der Waals surface area contributed by atoms with E-state index in [9.17, 15) is 0 Å². The Morgan fingerprint density at radius 2 is 1.94 bits per heavy atom. The fourth-order valence-corrected chi connectivity index (χ4v) is 2.90. The molecule has 1 unspecified atom stereocenters. The largest absolute Gasteiger partial charge is 0.329 e. The van der Waals surface area contributed by atoms with Crippen LogP contribution in [0.4, 0.5) is 0 Å². The molecule has 0 aromatic carbocycles. The van der Waals surface area contributed by atoms with Gasteiger partial charge in [-0.2, -0.15) is 0 Å². The minimum atomic E-state index is 0.318. The molecule has 0 saturated carbocycles. The highest BCUT2D eigenvalue weighted by Gasteiger charge is 2.20. The Labute approximate surface area is 112 Å². The molecule has 1 aliphatic heterocycles. The van der Waals surface area contributed by atoms with E-state index in [1.54, 1.807) is 0 Å². The molecule has 1 aromatic heterocycles. The van der Waals surface area contributed by atoms with Crippen molar-refractivity contribution in [1.29, 1.82) is 0 Å². The SMILES string of the molecule is NCC(c1cncc(Br)c1)N1CCCCCC1. The summed E-state index contributed by atoms with van der Waals surface area (Å²) in [6.07, 6.45) is 9.04. The van der Waals surface area contributed by atoms with Gasteiger partial charge in [0.2, 0.25) is 0 Å². The zero-order chi connectivity index (χ0) is 12.1. The van der Waals surface area contributed by atoms with E-state index in [2.05, 4.69) is 31.9 Å². The summed E-state index contributed by atoms with van der Waals surface area (Å²) in [7, 11) is 0. The Hall–Kier alpha value is -0.450. The summed E-state index contributed by atoms with van der Waals surface area (Å²) in [6, 6.07) is 2.45. The number of likely N-dealkylation sites (tertiary alicyclic amines) is 1. The summed E-state index contributed by atoms with van der Waals surface area (Å²) in [5.74, 6) is 0. The van der Waals surface area contributed by atoms with Crippen LogP contribution in [0.15, 0.2) is 22.9 Å². The van der Waals surface area contributed by atoms with E-state index in [-0.39, 0.29) is 0 Å². The molecule has 1 atom stereocenters. The van der Waals surface area contributed by atoms with Crippen LogP contribution in [0.1, 0.15) is 37.3 Å². The first-order valence-electron chi connectivity index (χ1n) is 6.36. The molecular formula is C13H20BrN3. The highest BCUT2D eigenvalue weighted by Crippen LogP contribution is 2.24. The molecule has 17 heavy (non-hydrogen) atoms. The number of rotatable bonds is 3. The van der Waals surface area contributed by atoms with Crippen molar-refractivity contribution in [3.8, 4) is 0 Å². The molecule has 2 rings (SSSR count). The van der Waals surface area contributed by atoms with Crippen molar-refractivity contribution in [3.63, 3.8) is 0 Å². The van der Waals surface area contributed by atoms with Crippen molar-refractivity contribution in [2.24, 2.45) is 5.73 Å². The smallest absolute Gasteiger partial charge is 0.0486 e. The van der Waals surface area contributed by atoms with Gasteiger partial charge < -0.3 is 5.73 Å². The van der Waals surface area contributed by atoms with E-state index in [1.807, 2.05) is 12.4 Å². The van der Waals surface area contributed by atoms with Gasteiger partial charge in [0, 0.05) is 29.5 Å². The van der Waals surface area contributed by atoms with E-state index < -0.39 is 0 Å². The Balaban J connectivity index is 2.14. The second-order valence-corrected chi connectivity index (χ2v) is 5.55. The lowest BCUT2D eigenvalue weighted by molar-refractivity contribution is 0.209. The van der Waals surface area contributed by atoms with E-state index in [0.29, 0.717) is 12.6 Å². The third-order valence-electron chi connectivity index (χ3n) is 3.42. The van der Waals surface area contributed by atoms with Crippen LogP contribution in [-0.4, -0.2) is 29.5 Å². The third kappa shape index (κ3) is 3.50. The van der Waals surface area contributed by atoms with Gasteiger partial charge >= 0.3 is 0 Å². The first kappa shape index (κ1) is 13.0. The van der Waals surface area contributed by atoms with Gasteiger partial charge in [-0.1, -0.05) is 12.8 Å². The van der Waals surface area contributed by atoms with Crippen molar-refractivity contribution in [3.05, 3.63) is 28.5 Å². The number of nitrogens with two attached hydrogens (primary N) is 1. The maximum Gasteiger partial charge on any atom is 0.0486 e. The Morgan fingerprint density at radius 1 is 1.24 bits per heavy atom. The first-order valence-corrected chi connectivity index (χ1v) is 7.15. The number of halogens is 1. The molecule has 2 heterocycles. The lowest BCUT2D eigenvalue weighted by atomic mass is 10.1. The summed E-state index contributed by atoms with van der Waals surface area (Å²) < 4.78 is 1.03. The molecule has 94 valence electrons.